The Labute approximate surface area is 195 Å². The van der Waals surface area contributed by atoms with Crippen LogP contribution in [0.1, 0.15) is 55.3 Å². The van der Waals surface area contributed by atoms with Crippen LogP contribution in [-0.2, 0) is 19.4 Å². The maximum Gasteiger partial charge on any atom is 0.225 e. The van der Waals surface area contributed by atoms with E-state index in [2.05, 4.69) is 34.9 Å². The van der Waals surface area contributed by atoms with Gasteiger partial charge in [-0.2, -0.15) is 4.98 Å². The number of nitrogens with one attached hydrogen (secondary N) is 3. The summed E-state index contributed by atoms with van der Waals surface area (Å²) in [6.45, 7) is 0.590. The second kappa shape index (κ2) is 10.4. The van der Waals surface area contributed by atoms with Crippen LogP contribution in [-0.4, -0.2) is 41.3 Å². The number of anilines is 2. The van der Waals surface area contributed by atoms with Crippen molar-refractivity contribution < 1.29 is 4.39 Å². The third kappa shape index (κ3) is 5.85. The number of benzene rings is 1. The Morgan fingerprint density at radius 1 is 1.03 bits per heavy atom. The Hall–Kier alpha value is -2.48. The van der Waals surface area contributed by atoms with E-state index in [-0.39, 0.29) is 5.82 Å². The highest BCUT2D eigenvalue weighted by molar-refractivity contribution is 7.80. The van der Waals surface area contributed by atoms with Gasteiger partial charge in [-0.05, 0) is 81.3 Å². The smallest absolute Gasteiger partial charge is 0.225 e. The van der Waals surface area contributed by atoms with Gasteiger partial charge in [-0.1, -0.05) is 12.1 Å². The fourth-order valence-electron chi connectivity index (χ4n) is 4.59. The Bertz CT molecular complexity index is 925. The molecule has 0 unspecified atom stereocenters. The predicted octanol–water partition coefficient (Wildman–Crippen LogP) is 3.95. The average molecular weight is 457 g/mol. The van der Waals surface area contributed by atoms with E-state index >= 15 is 0 Å². The Morgan fingerprint density at radius 3 is 2.44 bits per heavy atom. The minimum Gasteiger partial charge on any atom is -0.362 e. The van der Waals surface area contributed by atoms with Crippen molar-refractivity contribution in [3.63, 3.8) is 0 Å². The maximum absolute atomic E-state index is 13.0. The monoisotopic (exact) mass is 456 g/mol. The van der Waals surface area contributed by atoms with E-state index in [1.807, 2.05) is 0 Å². The zero-order valence-electron chi connectivity index (χ0n) is 19.0. The van der Waals surface area contributed by atoms with E-state index in [0.717, 1.165) is 55.9 Å². The topological polar surface area (TPSA) is 65.1 Å². The normalized spacial score (nSPS) is 20.2. The summed E-state index contributed by atoms with van der Waals surface area (Å²) in [6, 6.07) is 7.22. The molecule has 0 aliphatic heterocycles. The zero-order valence-corrected chi connectivity index (χ0v) is 19.8. The highest BCUT2D eigenvalue weighted by Crippen LogP contribution is 2.29. The van der Waals surface area contributed by atoms with Crippen LogP contribution in [0.3, 0.4) is 0 Å². The van der Waals surface area contributed by atoms with Gasteiger partial charge >= 0.3 is 0 Å². The SMILES string of the molecule is CN(C)c1nc(NC2CCC(NC(=S)NCc3ccc(F)cc3)CC2)nc2c1CCCC2. The average Bonchev–Trinajstić information content (AvgIpc) is 2.79. The van der Waals surface area contributed by atoms with Crippen molar-refractivity contribution in [3.05, 3.63) is 46.9 Å². The van der Waals surface area contributed by atoms with Crippen LogP contribution in [0.5, 0.6) is 0 Å². The van der Waals surface area contributed by atoms with Crippen molar-refractivity contribution in [1.29, 1.82) is 0 Å². The third-order valence-electron chi connectivity index (χ3n) is 6.35. The number of nitrogens with zero attached hydrogens (tertiary/aromatic N) is 3. The third-order valence-corrected chi connectivity index (χ3v) is 6.61. The molecule has 172 valence electrons. The van der Waals surface area contributed by atoms with E-state index in [1.165, 1.54) is 36.2 Å². The van der Waals surface area contributed by atoms with Crippen molar-refractivity contribution in [1.82, 2.24) is 20.6 Å². The molecule has 0 atom stereocenters. The number of aryl methyl sites for hydroxylation is 1. The van der Waals surface area contributed by atoms with Gasteiger partial charge in [0.15, 0.2) is 5.11 Å². The standard InChI is InChI=1S/C24H33FN6S/c1-31(2)22-20-5-3-4-6-21(20)29-23(30-22)27-18-11-13-19(14-12-18)28-24(32)26-15-16-7-9-17(25)10-8-16/h7-10,18-19H,3-6,11-15H2,1-2H3,(H2,26,28,32)(H,27,29,30). The molecule has 0 saturated heterocycles. The van der Waals surface area contributed by atoms with Crippen molar-refractivity contribution in [2.75, 3.05) is 24.3 Å². The molecular formula is C24H33FN6S. The quantitative estimate of drug-likeness (QED) is 0.569. The number of fused-ring (bicyclic) bond motifs is 1. The molecular weight excluding hydrogens is 423 g/mol. The molecule has 1 aromatic heterocycles. The first-order chi connectivity index (χ1) is 15.5. The summed E-state index contributed by atoms with van der Waals surface area (Å²) in [5.41, 5.74) is 3.54. The minimum atomic E-state index is -0.224. The molecule has 0 spiro atoms. The Balaban J connectivity index is 1.25. The van der Waals surface area contributed by atoms with Crippen LogP contribution in [0.25, 0.3) is 0 Å². The van der Waals surface area contributed by atoms with Crippen molar-refractivity contribution in [3.8, 4) is 0 Å². The summed E-state index contributed by atoms with van der Waals surface area (Å²) in [6.07, 6.45) is 8.75. The highest BCUT2D eigenvalue weighted by Gasteiger charge is 2.24. The van der Waals surface area contributed by atoms with E-state index in [1.54, 1.807) is 12.1 Å². The van der Waals surface area contributed by atoms with Gasteiger partial charge in [-0.3, -0.25) is 0 Å². The maximum atomic E-state index is 13.0. The fourth-order valence-corrected chi connectivity index (χ4v) is 4.83. The lowest BCUT2D eigenvalue weighted by atomic mass is 9.91. The van der Waals surface area contributed by atoms with E-state index in [0.29, 0.717) is 23.7 Å². The Morgan fingerprint density at radius 2 is 1.72 bits per heavy atom. The molecule has 2 aliphatic carbocycles. The van der Waals surface area contributed by atoms with Gasteiger partial charge in [0, 0.05) is 38.3 Å². The lowest BCUT2D eigenvalue weighted by Gasteiger charge is -2.31. The van der Waals surface area contributed by atoms with E-state index in [9.17, 15) is 4.39 Å². The molecule has 1 heterocycles. The van der Waals surface area contributed by atoms with Gasteiger partial charge in [-0.15, -0.1) is 0 Å². The highest BCUT2D eigenvalue weighted by atomic mass is 32.1. The van der Waals surface area contributed by atoms with Gasteiger partial charge in [0.1, 0.15) is 11.6 Å². The number of hydrogen-bond donors (Lipinski definition) is 3. The lowest BCUT2D eigenvalue weighted by Crippen LogP contribution is -2.44. The van der Waals surface area contributed by atoms with Crippen LogP contribution < -0.4 is 20.9 Å². The molecule has 2 aliphatic rings. The number of aromatic nitrogens is 2. The fraction of sp³-hybridized carbons (Fsp3) is 0.542. The number of thiocarbonyl (C=S) groups is 1. The molecule has 0 amide bonds. The van der Waals surface area contributed by atoms with Crippen LogP contribution in [0.15, 0.2) is 24.3 Å². The number of halogens is 1. The largest absolute Gasteiger partial charge is 0.362 e. The van der Waals surface area contributed by atoms with E-state index < -0.39 is 0 Å². The molecule has 3 N–H and O–H groups in total. The molecule has 1 aromatic carbocycles. The summed E-state index contributed by atoms with van der Waals surface area (Å²) in [7, 11) is 4.12. The molecule has 1 saturated carbocycles. The molecule has 0 radical (unpaired) electrons. The molecule has 4 rings (SSSR count). The molecule has 0 bridgehead atoms. The second-order valence-electron chi connectivity index (χ2n) is 9.04. The van der Waals surface area contributed by atoms with Crippen molar-refractivity contribution in [2.24, 2.45) is 0 Å². The lowest BCUT2D eigenvalue weighted by molar-refractivity contribution is 0.385. The van der Waals surface area contributed by atoms with Crippen LogP contribution in [0, 0.1) is 5.82 Å². The van der Waals surface area contributed by atoms with Crippen molar-refractivity contribution >= 4 is 29.1 Å². The summed E-state index contributed by atoms with van der Waals surface area (Å²) >= 11 is 5.45. The van der Waals surface area contributed by atoms with Crippen LogP contribution in [0.4, 0.5) is 16.2 Å². The van der Waals surface area contributed by atoms with Gasteiger partial charge in [0.2, 0.25) is 5.95 Å². The summed E-state index contributed by atoms with van der Waals surface area (Å²) in [5.74, 6) is 1.60. The first kappa shape index (κ1) is 22.7. The minimum absolute atomic E-state index is 0.224. The molecule has 32 heavy (non-hydrogen) atoms. The predicted molar refractivity (Wildman–Crippen MR) is 132 cm³/mol. The second-order valence-corrected chi connectivity index (χ2v) is 9.45. The first-order valence-electron chi connectivity index (χ1n) is 11.6. The Kier molecular flexibility index (Phi) is 7.40. The molecule has 8 heteroatoms. The van der Waals surface area contributed by atoms with Crippen molar-refractivity contribution in [2.45, 2.75) is 70.0 Å². The summed E-state index contributed by atoms with van der Waals surface area (Å²) in [5, 5.41) is 10.9. The molecule has 1 fully saturated rings. The van der Waals surface area contributed by atoms with Gasteiger partial charge in [0.25, 0.3) is 0 Å². The summed E-state index contributed by atoms with van der Waals surface area (Å²) in [4.78, 5) is 11.8. The number of hydrogen-bond acceptors (Lipinski definition) is 5. The van der Waals surface area contributed by atoms with Crippen LogP contribution in [0.2, 0.25) is 0 Å². The molecule has 6 nitrogen and oxygen atoms in total. The van der Waals surface area contributed by atoms with Gasteiger partial charge in [-0.25, -0.2) is 9.37 Å². The van der Waals surface area contributed by atoms with Crippen LogP contribution >= 0.6 is 12.2 Å². The number of rotatable bonds is 6. The van der Waals surface area contributed by atoms with Gasteiger partial charge < -0.3 is 20.9 Å². The molecule has 2 aromatic rings. The zero-order chi connectivity index (χ0) is 22.5. The van der Waals surface area contributed by atoms with Gasteiger partial charge in [0.05, 0.1) is 5.69 Å². The summed E-state index contributed by atoms with van der Waals surface area (Å²) < 4.78 is 13.0. The first-order valence-corrected chi connectivity index (χ1v) is 12.0. The van der Waals surface area contributed by atoms with E-state index in [4.69, 9.17) is 22.2 Å².